The van der Waals surface area contributed by atoms with E-state index in [4.69, 9.17) is 21.1 Å². The number of hydrogen-bond donors (Lipinski definition) is 0. The maximum absolute atomic E-state index is 6.23. The Bertz CT molecular complexity index is 678. The lowest BCUT2D eigenvalue weighted by Gasteiger charge is -2.24. The minimum absolute atomic E-state index is 0.605. The Morgan fingerprint density at radius 3 is 2.53 bits per heavy atom. The lowest BCUT2D eigenvalue weighted by molar-refractivity contribution is -0.126. The second-order valence-electron chi connectivity index (χ2n) is 4.67. The van der Waals surface area contributed by atoms with Crippen LogP contribution in [-0.2, 0) is 15.3 Å². The molecule has 1 aliphatic carbocycles. The molecule has 4 heteroatoms. The van der Waals surface area contributed by atoms with E-state index in [0.29, 0.717) is 18.2 Å². The molecule has 1 aliphatic heterocycles. The van der Waals surface area contributed by atoms with Crippen LogP contribution in [0, 0.1) is 0 Å². The van der Waals surface area contributed by atoms with Crippen molar-refractivity contribution < 1.29 is 9.47 Å². The van der Waals surface area contributed by atoms with Crippen LogP contribution in [0.4, 0.5) is 0 Å². The van der Waals surface area contributed by atoms with Crippen LogP contribution in [-0.4, -0.2) is 13.2 Å². The molecular formula is C15H10BrClO2. The normalized spacial score (nSPS) is 18.6. The van der Waals surface area contributed by atoms with Crippen molar-refractivity contribution in [3.8, 4) is 11.1 Å². The Hall–Kier alpha value is -0.870. The molecule has 0 unspecified atom stereocenters. The molecule has 1 saturated heterocycles. The third-order valence-corrected chi connectivity index (χ3v) is 4.88. The lowest BCUT2D eigenvalue weighted by atomic mass is 10.0. The maximum Gasteiger partial charge on any atom is 0.223 e. The topological polar surface area (TPSA) is 18.5 Å². The summed E-state index contributed by atoms with van der Waals surface area (Å²) in [6, 6.07) is 12.1. The number of halogens is 2. The lowest BCUT2D eigenvalue weighted by Crippen LogP contribution is -2.25. The van der Waals surface area contributed by atoms with Gasteiger partial charge < -0.3 is 9.47 Å². The fraction of sp³-hybridized carbons (Fsp3) is 0.200. The highest BCUT2D eigenvalue weighted by molar-refractivity contribution is 9.10. The molecule has 2 aromatic carbocycles. The van der Waals surface area contributed by atoms with Gasteiger partial charge in [-0.25, -0.2) is 0 Å². The average Bonchev–Trinajstić information content (AvgIpc) is 3.00. The predicted molar refractivity (Wildman–Crippen MR) is 77.3 cm³/mol. The van der Waals surface area contributed by atoms with Crippen LogP contribution in [0.2, 0.25) is 5.02 Å². The van der Waals surface area contributed by atoms with E-state index in [-0.39, 0.29) is 0 Å². The first-order valence-electron chi connectivity index (χ1n) is 6.10. The Morgan fingerprint density at radius 2 is 1.74 bits per heavy atom. The maximum atomic E-state index is 6.23. The Morgan fingerprint density at radius 1 is 1.00 bits per heavy atom. The molecule has 0 N–H and O–H groups in total. The predicted octanol–water partition coefficient (Wildman–Crippen LogP) is 4.33. The largest absolute Gasteiger partial charge is 0.340 e. The van der Waals surface area contributed by atoms with Gasteiger partial charge in [0.25, 0.3) is 0 Å². The van der Waals surface area contributed by atoms with E-state index in [9.17, 15) is 0 Å². The van der Waals surface area contributed by atoms with Gasteiger partial charge in [-0.15, -0.1) is 0 Å². The van der Waals surface area contributed by atoms with E-state index >= 15 is 0 Å². The summed E-state index contributed by atoms with van der Waals surface area (Å²) >= 11 is 9.71. The quantitative estimate of drug-likeness (QED) is 0.712. The zero-order chi connectivity index (χ0) is 13.0. The summed E-state index contributed by atoms with van der Waals surface area (Å²) < 4.78 is 12.8. The summed E-state index contributed by atoms with van der Waals surface area (Å²) in [5.41, 5.74) is 4.32. The molecule has 2 aromatic rings. The number of benzene rings is 2. The summed E-state index contributed by atoms with van der Waals surface area (Å²) in [5, 5.41) is 0.698. The molecule has 0 atom stereocenters. The van der Waals surface area contributed by atoms with E-state index < -0.39 is 5.79 Å². The van der Waals surface area contributed by atoms with Gasteiger partial charge >= 0.3 is 0 Å². The van der Waals surface area contributed by atoms with Crippen molar-refractivity contribution >= 4 is 27.5 Å². The number of rotatable bonds is 0. The van der Waals surface area contributed by atoms with Crippen molar-refractivity contribution in [2.24, 2.45) is 0 Å². The highest BCUT2D eigenvalue weighted by atomic mass is 79.9. The zero-order valence-electron chi connectivity index (χ0n) is 9.95. The molecule has 96 valence electrons. The molecule has 0 bridgehead atoms. The Balaban J connectivity index is 2.09. The Labute approximate surface area is 124 Å². The SMILES string of the molecule is Clc1cc2c(cc1Br)C1(OCCO1)c1ccccc1-2. The monoisotopic (exact) mass is 336 g/mol. The third kappa shape index (κ3) is 1.50. The summed E-state index contributed by atoms with van der Waals surface area (Å²) in [5.74, 6) is -0.751. The Kier molecular flexibility index (Phi) is 2.55. The molecule has 0 amide bonds. The minimum atomic E-state index is -0.751. The fourth-order valence-electron chi connectivity index (χ4n) is 2.92. The minimum Gasteiger partial charge on any atom is -0.340 e. The van der Waals surface area contributed by atoms with Crippen LogP contribution >= 0.6 is 27.5 Å². The summed E-state index contributed by atoms with van der Waals surface area (Å²) in [6.07, 6.45) is 0. The molecular weight excluding hydrogens is 328 g/mol. The molecule has 1 fully saturated rings. The van der Waals surface area contributed by atoms with Crippen LogP contribution < -0.4 is 0 Å². The van der Waals surface area contributed by atoms with Gasteiger partial charge in [0, 0.05) is 15.6 Å². The number of hydrogen-bond acceptors (Lipinski definition) is 2. The van der Waals surface area contributed by atoms with Crippen molar-refractivity contribution in [3.63, 3.8) is 0 Å². The highest BCUT2D eigenvalue weighted by Gasteiger charge is 2.48. The first kappa shape index (κ1) is 11.9. The zero-order valence-corrected chi connectivity index (χ0v) is 12.3. The van der Waals surface area contributed by atoms with Crippen molar-refractivity contribution in [3.05, 3.63) is 57.0 Å². The van der Waals surface area contributed by atoms with Crippen molar-refractivity contribution in [2.75, 3.05) is 13.2 Å². The van der Waals surface area contributed by atoms with Gasteiger partial charge in [-0.2, -0.15) is 0 Å². The highest BCUT2D eigenvalue weighted by Crippen LogP contribution is 2.53. The first-order valence-corrected chi connectivity index (χ1v) is 7.27. The van der Waals surface area contributed by atoms with Crippen LogP contribution in [0.1, 0.15) is 11.1 Å². The summed E-state index contributed by atoms with van der Waals surface area (Å²) in [6.45, 7) is 1.21. The van der Waals surface area contributed by atoms with E-state index in [2.05, 4.69) is 28.1 Å². The van der Waals surface area contributed by atoms with Gasteiger partial charge in [0.2, 0.25) is 5.79 Å². The second-order valence-corrected chi connectivity index (χ2v) is 5.93. The molecule has 0 aromatic heterocycles. The van der Waals surface area contributed by atoms with Crippen LogP contribution in [0.25, 0.3) is 11.1 Å². The van der Waals surface area contributed by atoms with Gasteiger partial charge in [0.15, 0.2) is 0 Å². The average molecular weight is 338 g/mol. The van der Waals surface area contributed by atoms with Crippen molar-refractivity contribution in [2.45, 2.75) is 5.79 Å². The van der Waals surface area contributed by atoms with Crippen LogP contribution in [0.5, 0.6) is 0 Å². The molecule has 1 heterocycles. The van der Waals surface area contributed by atoms with Crippen molar-refractivity contribution in [1.82, 2.24) is 0 Å². The van der Waals surface area contributed by atoms with Crippen LogP contribution in [0.15, 0.2) is 40.9 Å². The second kappa shape index (κ2) is 4.06. The standard InChI is InChI=1S/C15H10BrClO2/c16-13-8-12-10(7-14(13)17)9-3-1-2-4-11(9)15(12)18-5-6-19-15/h1-4,7-8H,5-6H2. The first-order chi connectivity index (χ1) is 9.22. The van der Waals surface area contributed by atoms with Gasteiger partial charge in [0.1, 0.15) is 0 Å². The van der Waals surface area contributed by atoms with E-state index in [0.717, 1.165) is 26.7 Å². The van der Waals surface area contributed by atoms with Crippen molar-refractivity contribution in [1.29, 1.82) is 0 Å². The number of fused-ring (bicyclic) bond motifs is 5. The fourth-order valence-corrected chi connectivity index (χ4v) is 3.42. The van der Waals surface area contributed by atoms with Crippen LogP contribution in [0.3, 0.4) is 0 Å². The smallest absolute Gasteiger partial charge is 0.223 e. The molecule has 1 spiro atoms. The van der Waals surface area contributed by atoms with E-state index in [1.165, 1.54) is 0 Å². The summed E-state index contributed by atoms with van der Waals surface area (Å²) in [4.78, 5) is 0. The van der Waals surface area contributed by atoms with E-state index in [1.54, 1.807) is 0 Å². The molecule has 19 heavy (non-hydrogen) atoms. The molecule has 2 nitrogen and oxygen atoms in total. The van der Waals surface area contributed by atoms with Gasteiger partial charge in [0.05, 0.1) is 18.2 Å². The molecule has 2 aliphatic rings. The molecule has 0 radical (unpaired) electrons. The van der Waals surface area contributed by atoms with Gasteiger partial charge in [-0.3, -0.25) is 0 Å². The summed E-state index contributed by atoms with van der Waals surface area (Å²) in [7, 11) is 0. The van der Waals surface area contributed by atoms with Gasteiger partial charge in [-0.05, 0) is 39.2 Å². The number of ether oxygens (including phenoxy) is 2. The van der Waals surface area contributed by atoms with Gasteiger partial charge in [-0.1, -0.05) is 35.9 Å². The molecule has 0 saturated carbocycles. The third-order valence-electron chi connectivity index (χ3n) is 3.68. The van der Waals surface area contributed by atoms with E-state index in [1.807, 2.05) is 24.3 Å². The molecule has 4 rings (SSSR count).